The second-order valence-electron chi connectivity index (χ2n) is 8.99. The minimum Gasteiger partial charge on any atom is -0.480 e. The molecule has 34 heavy (non-hydrogen) atoms. The number of rotatable bonds is 14. The summed E-state index contributed by atoms with van der Waals surface area (Å²) in [6, 6.07) is -2.83. The number of aliphatic hydroxyl groups excluding tert-OH is 1. The fraction of sp³-hybridized carbons (Fsp3) is 0.773. The fourth-order valence-electron chi connectivity index (χ4n) is 2.77. The van der Waals surface area contributed by atoms with E-state index in [9.17, 15) is 34.2 Å². The molecule has 5 N–H and O–H groups in total. The highest BCUT2D eigenvalue weighted by molar-refractivity contribution is 5.91. The van der Waals surface area contributed by atoms with E-state index in [0.29, 0.717) is 6.42 Å². The van der Waals surface area contributed by atoms with E-state index in [1.807, 2.05) is 6.92 Å². The van der Waals surface area contributed by atoms with E-state index < -0.39 is 53.6 Å². The van der Waals surface area contributed by atoms with E-state index >= 15 is 0 Å². The van der Waals surface area contributed by atoms with Gasteiger partial charge in [0.2, 0.25) is 11.8 Å². The van der Waals surface area contributed by atoms with Crippen molar-refractivity contribution in [3.63, 3.8) is 0 Å². The Balaban J connectivity index is 5.05. The quantitative estimate of drug-likeness (QED) is 0.221. The Morgan fingerprint density at radius 3 is 2.09 bits per heavy atom. The van der Waals surface area contributed by atoms with Gasteiger partial charge in [0, 0.05) is 13.0 Å². The smallest absolute Gasteiger partial charge is 0.407 e. The van der Waals surface area contributed by atoms with Crippen molar-refractivity contribution in [2.75, 3.05) is 6.54 Å². The number of hydrogen-bond donors (Lipinski definition) is 5. The molecule has 0 aliphatic heterocycles. The summed E-state index contributed by atoms with van der Waals surface area (Å²) < 4.78 is 10.3. The minimum absolute atomic E-state index is 0.0731. The monoisotopic (exact) mass is 489 g/mol. The maximum Gasteiger partial charge on any atom is 0.407 e. The molecule has 0 spiro atoms. The normalized spacial score (nSPS) is 14.7. The summed E-state index contributed by atoms with van der Waals surface area (Å²) in [4.78, 5) is 59.9. The van der Waals surface area contributed by atoms with Gasteiger partial charge in [0.15, 0.2) is 6.04 Å². The summed E-state index contributed by atoms with van der Waals surface area (Å²) in [6.07, 6.45) is -1.40. The molecule has 4 atom stereocenters. The van der Waals surface area contributed by atoms with Crippen molar-refractivity contribution in [3.8, 4) is 0 Å². The van der Waals surface area contributed by atoms with Gasteiger partial charge in [-0.15, -0.1) is 0 Å². The molecule has 0 aromatic rings. The number of carboxylic acid groups (broad SMARTS) is 1. The van der Waals surface area contributed by atoms with Crippen LogP contribution in [0.25, 0.3) is 0 Å². The Morgan fingerprint density at radius 2 is 1.59 bits per heavy atom. The highest BCUT2D eigenvalue weighted by atomic mass is 16.6. The van der Waals surface area contributed by atoms with Crippen LogP contribution in [0.3, 0.4) is 0 Å². The first-order chi connectivity index (χ1) is 15.7. The van der Waals surface area contributed by atoms with Crippen LogP contribution in [0.15, 0.2) is 0 Å². The Bertz CT molecular complexity index is 704. The SMILES string of the molecule is CCCC(C)OC(=O)CCC(=O)N[C@@H](CCNC(=O)OC(C)(C)C)C(=O)N[C@H](C(=O)O)C(C)O. The molecule has 0 saturated carbocycles. The molecule has 2 unspecified atom stereocenters. The highest BCUT2D eigenvalue weighted by Gasteiger charge is 2.29. The van der Waals surface area contributed by atoms with Gasteiger partial charge in [-0.3, -0.25) is 14.4 Å². The van der Waals surface area contributed by atoms with E-state index in [4.69, 9.17) is 9.47 Å². The zero-order valence-corrected chi connectivity index (χ0v) is 20.8. The van der Waals surface area contributed by atoms with Crippen LogP contribution in [0.5, 0.6) is 0 Å². The number of hydrogen-bond acceptors (Lipinski definition) is 8. The van der Waals surface area contributed by atoms with Crippen LogP contribution in [0.4, 0.5) is 4.79 Å². The molecule has 3 amide bonds. The Kier molecular flexibility index (Phi) is 13.8. The van der Waals surface area contributed by atoms with Crippen molar-refractivity contribution < 1.29 is 43.7 Å². The van der Waals surface area contributed by atoms with Crippen molar-refractivity contribution in [3.05, 3.63) is 0 Å². The number of carbonyl (C=O) groups is 5. The molecule has 12 nitrogen and oxygen atoms in total. The van der Waals surface area contributed by atoms with Crippen LogP contribution in [-0.4, -0.2) is 76.5 Å². The summed E-state index contributed by atoms with van der Waals surface area (Å²) in [6.45, 7) is 9.86. The molecule has 0 aromatic carbocycles. The number of carboxylic acids is 1. The van der Waals surface area contributed by atoms with Gasteiger partial charge in [-0.05, 0) is 47.5 Å². The summed E-state index contributed by atoms with van der Waals surface area (Å²) in [5.41, 5.74) is -0.732. The molecule has 0 heterocycles. The van der Waals surface area contributed by atoms with Gasteiger partial charge < -0.3 is 35.6 Å². The third-order valence-electron chi connectivity index (χ3n) is 4.38. The van der Waals surface area contributed by atoms with Crippen molar-refractivity contribution in [1.29, 1.82) is 0 Å². The third-order valence-corrected chi connectivity index (χ3v) is 4.38. The highest BCUT2D eigenvalue weighted by Crippen LogP contribution is 2.07. The van der Waals surface area contributed by atoms with Crippen molar-refractivity contribution in [2.45, 2.75) is 104 Å². The molecular formula is C22H39N3O9. The molecule has 0 aliphatic rings. The Hall–Kier alpha value is -2.89. The summed E-state index contributed by atoms with van der Waals surface area (Å²) in [7, 11) is 0. The summed E-state index contributed by atoms with van der Waals surface area (Å²) in [5, 5.41) is 25.8. The van der Waals surface area contributed by atoms with E-state index in [1.165, 1.54) is 6.92 Å². The fourth-order valence-corrected chi connectivity index (χ4v) is 2.77. The first-order valence-corrected chi connectivity index (χ1v) is 11.3. The number of esters is 1. The molecule has 0 rings (SSSR count). The maximum atomic E-state index is 12.6. The second kappa shape index (κ2) is 15.1. The van der Waals surface area contributed by atoms with Crippen molar-refractivity contribution in [2.24, 2.45) is 0 Å². The van der Waals surface area contributed by atoms with Crippen LogP contribution < -0.4 is 16.0 Å². The maximum absolute atomic E-state index is 12.6. The summed E-state index contributed by atoms with van der Waals surface area (Å²) >= 11 is 0. The lowest BCUT2D eigenvalue weighted by atomic mass is 10.1. The van der Waals surface area contributed by atoms with E-state index in [0.717, 1.165) is 6.42 Å². The Labute approximate surface area is 200 Å². The predicted octanol–water partition coefficient (Wildman–Crippen LogP) is 0.848. The lowest BCUT2D eigenvalue weighted by molar-refractivity contribution is -0.150. The topological polar surface area (TPSA) is 180 Å². The molecule has 196 valence electrons. The average molecular weight is 490 g/mol. The molecule has 0 fully saturated rings. The largest absolute Gasteiger partial charge is 0.480 e. The van der Waals surface area contributed by atoms with Gasteiger partial charge in [-0.1, -0.05) is 13.3 Å². The van der Waals surface area contributed by atoms with Crippen LogP contribution in [0, 0.1) is 0 Å². The molecule has 0 aliphatic carbocycles. The number of ether oxygens (including phenoxy) is 2. The number of nitrogens with one attached hydrogen (secondary N) is 3. The van der Waals surface area contributed by atoms with Crippen LogP contribution >= 0.6 is 0 Å². The number of aliphatic carboxylic acids is 1. The van der Waals surface area contributed by atoms with Gasteiger partial charge in [-0.25, -0.2) is 9.59 Å². The Morgan fingerprint density at radius 1 is 0.971 bits per heavy atom. The zero-order chi connectivity index (χ0) is 26.5. The van der Waals surface area contributed by atoms with Crippen LogP contribution in [0.2, 0.25) is 0 Å². The lowest BCUT2D eigenvalue weighted by Crippen LogP contribution is -2.55. The minimum atomic E-state index is -1.60. The zero-order valence-electron chi connectivity index (χ0n) is 20.8. The number of alkyl carbamates (subject to hydrolysis) is 1. The second-order valence-corrected chi connectivity index (χ2v) is 8.99. The molecule has 12 heteroatoms. The standard InChI is InChI=1S/C22H39N3O9/c1-7-8-13(2)33-17(28)10-9-16(27)24-15(11-12-23-21(32)34-22(4,5)6)19(29)25-18(14(3)26)20(30)31/h13-15,18,26H,7-12H2,1-6H3,(H,23,32)(H,24,27)(H,25,29)(H,30,31)/t13?,14?,15-,18-/m0/s1. The van der Waals surface area contributed by atoms with Gasteiger partial charge in [0.05, 0.1) is 18.6 Å². The van der Waals surface area contributed by atoms with Gasteiger partial charge >= 0.3 is 18.0 Å². The van der Waals surface area contributed by atoms with E-state index in [1.54, 1.807) is 27.7 Å². The number of amides is 3. The molecule has 0 saturated heterocycles. The lowest BCUT2D eigenvalue weighted by Gasteiger charge is -2.23. The third kappa shape index (κ3) is 14.3. The first kappa shape index (κ1) is 31.1. The van der Waals surface area contributed by atoms with Gasteiger partial charge in [0.25, 0.3) is 0 Å². The molecule has 0 bridgehead atoms. The van der Waals surface area contributed by atoms with Gasteiger partial charge in [-0.2, -0.15) is 0 Å². The number of aliphatic hydroxyl groups is 1. The molecular weight excluding hydrogens is 450 g/mol. The predicted molar refractivity (Wildman–Crippen MR) is 122 cm³/mol. The van der Waals surface area contributed by atoms with E-state index in [-0.39, 0.29) is 31.9 Å². The first-order valence-electron chi connectivity index (χ1n) is 11.3. The average Bonchev–Trinajstić information content (AvgIpc) is 2.67. The molecule has 0 radical (unpaired) electrons. The molecule has 0 aromatic heterocycles. The van der Waals surface area contributed by atoms with Crippen LogP contribution in [-0.2, 0) is 28.7 Å². The van der Waals surface area contributed by atoms with Gasteiger partial charge in [0.1, 0.15) is 11.6 Å². The summed E-state index contributed by atoms with van der Waals surface area (Å²) in [5.74, 6) is -3.51. The van der Waals surface area contributed by atoms with Crippen LogP contribution in [0.1, 0.15) is 73.6 Å². The van der Waals surface area contributed by atoms with E-state index in [2.05, 4.69) is 16.0 Å². The van der Waals surface area contributed by atoms with Crippen molar-refractivity contribution >= 4 is 29.8 Å². The number of carbonyl (C=O) groups excluding carboxylic acids is 4. The van der Waals surface area contributed by atoms with Crippen molar-refractivity contribution in [1.82, 2.24) is 16.0 Å².